The highest BCUT2D eigenvalue weighted by molar-refractivity contribution is 5.34. The highest BCUT2D eigenvalue weighted by Crippen LogP contribution is 2.32. The minimum absolute atomic E-state index is 0.461. The smallest absolute Gasteiger partial charge is 0.0480 e. The van der Waals surface area contributed by atoms with Crippen LogP contribution in [0.1, 0.15) is 43.4 Å². The van der Waals surface area contributed by atoms with E-state index in [2.05, 4.69) is 48.5 Å². The van der Waals surface area contributed by atoms with Gasteiger partial charge in [0.05, 0.1) is 0 Å². The van der Waals surface area contributed by atoms with Crippen molar-refractivity contribution >= 4 is 0 Å². The van der Waals surface area contributed by atoms with Crippen molar-refractivity contribution in [2.24, 2.45) is 0 Å². The van der Waals surface area contributed by atoms with Crippen LogP contribution in [-0.2, 0) is 11.2 Å². The van der Waals surface area contributed by atoms with Gasteiger partial charge < -0.3 is 15.0 Å². The van der Waals surface area contributed by atoms with Crippen LogP contribution in [0.15, 0.2) is 24.3 Å². The third kappa shape index (κ3) is 4.29. The zero-order valence-corrected chi connectivity index (χ0v) is 13.8. The van der Waals surface area contributed by atoms with Crippen LogP contribution < -0.4 is 5.32 Å². The summed E-state index contributed by atoms with van der Waals surface area (Å²) in [6.45, 7) is 5.27. The Hall–Kier alpha value is -0.900. The maximum absolute atomic E-state index is 5.19. The topological polar surface area (TPSA) is 24.5 Å². The molecule has 118 valence electrons. The predicted molar refractivity (Wildman–Crippen MR) is 88.7 cm³/mol. The molecule has 1 aromatic carbocycles. The van der Waals surface area contributed by atoms with Gasteiger partial charge in [-0.15, -0.1) is 0 Å². The lowest BCUT2D eigenvalue weighted by Gasteiger charge is -2.40. The molecule has 2 rings (SSSR count). The molecule has 3 nitrogen and oxygen atoms in total. The third-order valence-corrected chi connectivity index (χ3v) is 4.52. The summed E-state index contributed by atoms with van der Waals surface area (Å²) >= 11 is 0. The van der Waals surface area contributed by atoms with Crippen LogP contribution in [0.2, 0.25) is 0 Å². The van der Waals surface area contributed by atoms with Crippen LogP contribution in [-0.4, -0.2) is 44.8 Å². The van der Waals surface area contributed by atoms with Gasteiger partial charge in [-0.1, -0.05) is 31.2 Å². The van der Waals surface area contributed by atoms with Crippen molar-refractivity contribution in [1.82, 2.24) is 10.2 Å². The molecule has 0 fully saturated rings. The average Bonchev–Trinajstić information content (AvgIpc) is 2.52. The zero-order chi connectivity index (χ0) is 15.1. The van der Waals surface area contributed by atoms with E-state index < -0.39 is 0 Å². The molecule has 0 radical (unpaired) electrons. The molecule has 0 saturated heterocycles. The van der Waals surface area contributed by atoms with Crippen LogP contribution in [0, 0.1) is 0 Å². The molecule has 0 spiro atoms. The molecule has 2 unspecified atom stereocenters. The first-order valence-corrected chi connectivity index (χ1v) is 8.28. The first kappa shape index (κ1) is 16.5. The monoisotopic (exact) mass is 290 g/mol. The fourth-order valence-electron chi connectivity index (χ4n) is 3.39. The maximum atomic E-state index is 5.19. The van der Waals surface area contributed by atoms with Crippen molar-refractivity contribution < 1.29 is 4.74 Å². The molecule has 2 atom stereocenters. The van der Waals surface area contributed by atoms with Gasteiger partial charge in [-0.05, 0) is 50.4 Å². The van der Waals surface area contributed by atoms with E-state index in [1.807, 2.05) is 0 Å². The van der Waals surface area contributed by atoms with Crippen molar-refractivity contribution in [3.05, 3.63) is 35.4 Å². The molecule has 21 heavy (non-hydrogen) atoms. The number of nitrogens with one attached hydrogen (secondary N) is 1. The van der Waals surface area contributed by atoms with Gasteiger partial charge in [-0.25, -0.2) is 0 Å². The molecular weight excluding hydrogens is 260 g/mol. The van der Waals surface area contributed by atoms with Crippen LogP contribution in [0.25, 0.3) is 0 Å². The summed E-state index contributed by atoms with van der Waals surface area (Å²) in [5.41, 5.74) is 3.02. The number of benzene rings is 1. The largest absolute Gasteiger partial charge is 0.385 e. The van der Waals surface area contributed by atoms with Gasteiger partial charge in [0.2, 0.25) is 0 Å². The molecule has 0 amide bonds. The van der Waals surface area contributed by atoms with E-state index in [1.54, 1.807) is 7.11 Å². The molecule has 0 aliphatic heterocycles. The van der Waals surface area contributed by atoms with Gasteiger partial charge >= 0.3 is 0 Å². The van der Waals surface area contributed by atoms with Gasteiger partial charge in [0.15, 0.2) is 0 Å². The Morgan fingerprint density at radius 1 is 1.33 bits per heavy atom. The van der Waals surface area contributed by atoms with Gasteiger partial charge in [-0.2, -0.15) is 0 Å². The molecule has 3 heteroatoms. The summed E-state index contributed by atoms with van der Waals surface area (Å²) < 4.78 is 5.19. The van der Waals surface area contributed by atoms with Crippen molar-refractivity contribution in [2.75, 3.05) is 33.9 Å². The van der Waals surface area contributed by atoms with Crippen molar-refractivity contribution in [3.63, 3.8) is 0 Å². The van der Waals surface area contributed by atoms with Gasteiger partial charge in [-0.3, -0.25) is 0 Å². The number of ether oxygens (including phenoxy) is 1. The number of nitrogens with zero attached hydrogens (tertiary/aromatic N) is 1. The Morgan fingerprint density at radius 3 is 2.90 bits per heavy atom. The van der Waals surface area contributed by atoms with E-state index in [0.29, 0.717) is 12.1 Å². The maximum Gasteiger partial charge on any atom is 0.0480 e. The number of rotatable bonds is 8. The number of fused-ring (bicyclic) bond motifs is 1. The van der Waals surface area contributed by atoms with E-state index in [0.717, 1.165) is 26.1 Å². The van der Waals surface area contributed by atoms with Gasteiger partial charge in [0.1, 0.15) is 0 Å². The molecule has 1 aromatic rings. The van der Waals surface area contributed by atoms with E-state index in [1.165, 1.54) is 30.4 Å². The van der Waals surface area contributed by atoms with E-state index >= 15 is 0 Å². The van der Waals surface area contributed by atoms with Gasteiger partial charge in [0, 0.05) is 32.3 Å². The van der Waals surface area contributed by atoms with Crippen molar-refractivity contribution in [2.45, 2.75) is 44.7 Å². The first-order valence-electron chi connectivity index (χ1n) is 8.28. The highest BCUT2D eigenvalue weighted by atomic mass is 16.5. The Balaban J connectivity index is 2.09. The van der Waals surface area contributed by atoms with Crippen LogP contribution in [0.4, 0.5) is 0 Å². The SMILES string of the molecule is CCCNC1c2ccccc2CCC1N(C)CCCOC. The summed E-state index contributed by atoms with van der Waals surface area (Å²) in [6.07, 6.45) is 4.71. The second-order valence-corrected chi connectivity index (χ2v) is 6.06. The minimum atomic E-state index is 0.461. The standard InChI is InChI=1S/C18H30N2O/c1-4-12-19-18-16-9-6-5-8-15(16)10-11-17(18)20(2)13-7-14-21-3/h5-6,8-9,17-19H,4,7,10-14H2,1-3H3. The van der Waals surface area contributed by atoms with Gasteiger partial charge in [0.25, 0.3) is 0 Å². The molecule has 1 N–H and O–H groups in total. The number of hydrogen-bond acceptors (Lipinski definition) is 3. The quantitative estimate of drug-likeness (QED) is 0.745. The summed E-state index contributed by atoms with van der Waals surface area (Å²) in [5, 5.41) is 3.78. The summed E-state index contributed by atoms with van der Waals surface area (Å²) in [6, 6.07) is 9.98. The number of methoxy groups -OCH3 is 1. The average molecular weight is 290 g/mol. The highest BCUT2D eigenvalue weighted by Gasteiger charge is 2.31. The lowest BCUT2D eigenvalue weighted by Crippen LogP contribution is -2.46. The van der Waals surface area contributed by atoms with Crippen molar-refractivity contribution in [3.8, 4) is 0 Å². The first-order chi connectivity index (χ1) is 10.3. The van der Waals surface area contributed by atoms with Crippen LogP contribution in [0.5, 0.6) is 0 Å². The van der Waals surface area contributed by atoms with Crippen molar-refractivity contribution in [1.29, 1.82) is 0 Å². The number of hydrogen-bond donors (Lipinski definition) is 1. The minimum Gasteiger partial charge on any atom is -0.385 e. The fourth-order valence-corrected chi connectivity index (χ4v) is 3.39. The van der Waals surface area contributed by atoms with E-state index in [4.69, 9.17) is 4.74 Å². The Labute approximate surface area is 129 Å². The molecule has 0 aromatic heterocycles. The lowest BCUT2D eigenvalue weighted by atomic mass is 9.83. The molecule has 0 heterocycles. The third-order valence-electron chi connectivity index (χ3n) is 4.52. The summed E-state index contributed by atoms with van der Waals surface area (Å²) in [5.74, 6) is 0. The fraction of sp³-hybridized carbons (Fsp3) is 0.667. The van der Waals surface area contributed by atoms with Crippen LogP contribution in [0.3, 0.4) is 0 Å². The van der Waals surface area contributed by atoms with E-state index in [9.17, 15) is 0 Å². The Morgan fingerprint density at radius 2 is 2.14 bits per heavy atom. The summed E-state index contributed by atoms with van der Waals surface area (Å²) in [4.78, 5) is 2.52. The second kappa shape index (κ2) is 8.52. The number of aryl methyl sites for hydroxylation is 1. The molecular formula is C18H30N2O. The zero-order valence-electron chi connectivity index (χ0n) is 13.8. The molecule has 0 saturated carbocycles. The Kier molecular flexibility index (Phi) is 6.68. The molecule has 1 aliphatic carbocycles. The van der Waals surface area contributed by atoms with Crippen LogP contribution >= 0.6 is 0 Å². The molecule has 0 bridgehead atoms. The Bertz CT molecular complexity index is 421. The number of likely N-dealkylation sites (N-methyl/N-ethyl adjacent to an activating group) is 1. The predicted octanol–water partition coefficient (Wildman–Crippen LogP) is 3.01. The second-order valence-electron chi connectivity index (χ2n) is 6.06. The lowest BCUT2D eigenvalue weighted by molar-refractivity contribution is 0.140. The summed E-state index contributed by atoms with van der Waals surface area (Å²) in [7, 11) is 4.04. The molecule has 1 aliphatic rings. The normalized spacial score (nSPS) is 21.5. The van der Waals surface area contributed by atoms with E-state index in [-0.39, 0.29) is 0 Å².